The van der Waals surface area contributed by atoms with Gasteiger partial charge < -0.3 is 10.8 Å². The fourth-order valence-corrected chi connectivity index (χ4v) is 3.66. The summed E-state index contributed by atoms with van der Waals surface area (Å²) in [7, 11) is -3.85. The van der Waals surface area contributed by atoms with Crippen molar-refractivity contribution in [2.45, 2.75) is 23.8 Å². The maximum absolute atomic E-state index is 13.1. The molecule has 0 spiro atoms. The molecule has 0 bridgehead atoms. The van der Waals surface area contributed by atoms with Gasteiger partial charge in [0.15, 0.2) is 0 Å². The quantitative estimate of drug-likeness (QED) is 0.772. The van der Waals surface area contributed by atoms with Crippen LogP contribution in [-0.4, -0.2) is 36.5 Å². The molecule has 1 unspecified atom stereocenters. The lowest BCUT2D eigenvalue weighted by molar-refractivity contribution is 0.0762. The first-order valence-corrected chi connectivity index (χ1v) is 6.94. The molecule has 0 radical (unpaired) electrons. The molecule has 0 aliphatic carbocycles. The first-order valence-electron chi connectivity index (χ1n) is 5.50. The minimum absolute atomic E-state index is 0.00272. The Labute approximate surface area is 105 Å². The number of aliphatic hydroxyl groups is 1. The number of nitrogens with zero attached hydrogens (tertiary/aromatic N) is 1. The molecule has 100 valence electrons. The fourth-order valence-electron chi connectivity index (χ4n) is 1.98. The zero-order chi connectivity index (χ0) is 13.6. The molecule has 1 saturated heterocycles. The van der Waals surface area contributed by atoms with Crippen molar-refractivity contribution < 1.29 is 17.9 Å². The highest BCUT2D eigenvalue weighted by Gasteiger charge is 2.39. The van der Waals surface area contributed by atoms with Crippen LogP contribution in [-0.2, 0) is 10.0 Å². The molecule has 1 aliphatic heterocycles. The van der Waals surface area contributed by atoms with Crippen molar-refractivity contribution in [2.24, 2.45) is 0 Å². The van der Waals surface area contributed by atoms with Gasteiger partial charge in [-0.2, -0.15) is 4.31 Å². The van der Waals surface area contributed by atoms with Crippen molar-refractivity contribution in [1.82, 2.24) is 4.31 Å². The number of anilines is 1. The van der Waals surface area contributed by atoms with Gasteiger partial charge in [0.1, 0.15) is 10.7 Å². The first kappa shape index (κ1) is 13.3. The molecule has 1 atom stereocenters. The highest BCUT2D eigenvalue weighted by molar-refractivity contribution is 7.89. The van der Waals surface area contributed by atoms with E-state index in [-0.39, 0.29) is 23.7 Å². The smallest absolute Gasteiger partial charge is 0.245 e. The third-order valence-corrected chi connectivity index (χ3v) is 4.91. The Morgan fingerprint density at radius 2 is 2.17 bits per heavy atom. The summed E-state index contributed by atoms with van der Waals surface area (Å²) in [4.78, 5) is -0.250. The molecule has 0 aromatic heterocycles. The Morgan fingerprint density at radius 1 is 1.50 bits per heavy atom. The number of halogens is 1. The van der Waals surface area contributed by atoms with Gasteiger partial charge in [0.25, 0.3) is 0 Å². The van der Waals surface area contributed by atoms with Crippen LogP contribution in [0, 0.1) is 5.82 Å². The summed E-state index contributed by atoms with van der Waals surface area (Å²) < 4.78 is 38.8. The number of benzene rings is 1. The predicted molar refractivity (Wildman–Crippen MR) is 64.8 cm³/mol. The van der Waals surface area contributed by atoms with Gasteiger partial charge in [-0.3, -0.25) is 0 Å². The zero-order valence-corrected chi connectivity index (χ0v) is 10.7. The molecule has 1 aliphatic rings. The van der Waals surface area contributed by atoms with Crippen molar-refractivity contribution >= 4 is 15.7 Å². The molecular weight excluding hydrogens is 259 g/mol. The van der Waals surface area contributed by atoms with Crippen LogP contribution in [0.25, 0.3) is 0 Å². The molecule has 18 heavy (non-hydrogen) atoms. The van der Waals surface area contributed by atoms with Crippen LogP contribution in [0.5, 0.6) is 0 Å². The molecule has 1 aromatic carbocycles. The van der Waals surface area contributed by atoms with Crippen LogP contribution >= 0.6 is 0 Å². The Bertz CT molecular complexity index is 572. The molecular formula is C11H15FN2O3S. The van der Waals surface area contributed by atoms with Crippen molar-refractivity contribution in [3.05, 3.63) is 24.0 Å². The van der Waals surface area contributed by atoms with E-state index >= 15 is 0 Å². The second-order valence-electron chi connectivity index (χ2n) is 4.77. The summed E-state index contributed by atoms with van der Waals surface area (Å²) >= 11 is 0. The van der Waals surface area contributed by atoms with Gasteiger partial charge >= 0.3 is 0 Å². The van der Waals surface area contributed by atoms with Crippen molar-refractivity contribution in [1.29, 1.82) is 0 Å². The summed E-state index contributed by atoms with van der Waals surface area (Å²) in [5, 5.41) is 9.79. The summed E-state index contributed by atoms with van der Waals surface area (Å²) in [6, 6.07) is 3.22. The van der Waals surface area contributed by atoms with E-state index in [0.717, 1.165) is 16.4 Å². The molecule has 7 heteroatoms. The van der Waals surface area contributed by atoms with Gasteiger partial charge in [0, 0.05) is 13.1 Å². The zero-order valence-electron chi connectivity index (χ0n) is 9.93. The number of hydrogen-bond donors (Lipinski definition) is 2. The minimum Gasteiger partial charge on any atom is -0.398 e. The van der Waals surface area contributed by atoms with Crippen LogP contribution in [0.1, 0.15) is 13.3 Å². The van der Waals surface area contributed by atoms with Gasteiger partial charge in [0.2, 0.25) is 10.0 Å². The van der Waals surface area contributed by atoms with E-state index in [1.54, 1.807) is 6.92 Å². The van der Waals surface area contributed by atoms with E-state index in [2.05, 4.69) is 0 Å². The number of β-amino-alcohol motifs (C(OH)–C–C–N with tert-alkyl or cyclic N) is 1. The molecule has 0 saturated carbocycles. The van der Waals surface area contributed by atoms with Gasteiger partial charge in [-0.1, -0.05) is 0 Å². The Kier molecular flexibility index (Phi) is 3.08. The topological polar surface area (TPSA) is 83.6 Å². The normalized spacial score (nSPS) is 25.5. The average Bonchev–Trinajstić information content (AvgIpc) is 2.63. The number of nitrogens with two attached hydrogens (primary N) is 1. The Morgan fingerprint density at radius 3 is 2.72 bits per heavy atom. The van der Waals surface area contributed by atoms with Crippen LogP contribution in [0.3, 0.4) is 0 Å². The number of nitrogen functional groups attached to an aromatic ring is 1. The SMILES string of the molecule is CC1(O)CCN(S(=O)(=O)c2cc(F)ccc2N)C1. The van der Waals surface area contributed by atoms with Crippen LogP contribution in [0.15, 0.2) is 23.1 Å². The van der Waals surface area contributed by atoms with Crippen LogP contribution in [0.2, 0.25) is 0 Å². The lowest BCUT2D eigenvalue weighted by Crippen LogP contribution is -2.34. The maximum atomic E-state index is 13.1. The predicted octanol–water partition coefficient (Wildman–Crippen LogP) is 0.553. The summed E-state index contributed by atoms with van der Waals surface area (Å²) in [5.74, 6) is -0.659. The van der Waals surface area contributed by atoms with Crippen molar-refractivity contribution in [3.63, 3.8) is 0 Å². The molecule has 1 fully saturated rings. The largest absolute Gasteiger partial charge is 0.398 e. The van der Waals surface area contributed by atoms with E-state index < -0.39 is 21.4 Å². The summed E-state index contributed by atoms with van der Waals surface area (Å²) in [6.45, 7) is 1.76. The molecule has 1 aromatic rings. The van der Waals surface area contributed by atoms with Gasteiger partial charge in [-0.15, -0.1) is 0 Å². The number of sulfonamides is 1. The fraction of sp³-hybridized carbons (Fsp3) is 0.455. The van der Waals surface area contributed by atoms with E-state index in [0.29, 0.717) is 6.42 Å². The molecule has 3 N–H and O–H groups in total. The lowest BCUT2D eigenvalue weighted by atomic mass is 10.1. The van der Waals surface area contributed by atoms with Gasteiger partial charge in [-0.05, 0) is 31.5 Å². The maximum Gasteiger partial charge on any atom is 0.245 e. The second kappa shape index (κ2) is 4.18. The standard InChI is InChI=1S/C11H15FN2O3S/c1-11(15)4-5-14(7-11)18(16,17)10-6-8(12)2-3-9(10)13/h2-3,6,15H,4-5,7,13H2,1H3. The number of rotatable bonds is 2. The van der Waals surface area contributed by atoms with Crippen LogP contribution in [0.4, 0.5) is 10.1 Å². The van der Waals surface area contributed by atoms with Crippen LogP contribution < -0.4 is 5.73 Å². The first-order chi connectivity index (χ1) is 8.22. The highest BCUT2D eigenvalue weighted by Crippen LogP contribution is 2.29. The third-order valence-electron chi connectivity index (χ3n) is 3.01. The Balaban J connectivity index is 2.40. The molecule has 2 rings (SSSR count). The number of hydrogen-bond acceptors (Lipinski definition) is 4. The van der Waals surface area contributed by atoms with E-state index in [1.165, 1.54) is 6.07 Å². The third kappa shape index (κ3) is 2.33. The van der Waals surface area contributed by atoms with Crippen molar-refractivity contribution in [2.75, 3.05) is 18.8 Å². The van der Waals surface area contributed by atoms with E-state index in [4.69, 9.17) is 5.73 Å². The monoisotopic (exact) mass is 274 g/mol. The average molecular weight is 274 g/mol. The Hall–Kier alpha value is -1.18. The van der Waals surface area contributed by atoms with Crippen molar-refractivity contribution in [3.8, 4) is 0 Å². The van der Waals surface area contributed by atoms with Gasteiger partial charge in [-0.25, -0.2) is 12.8 Å². The highest BCUT2D eigenvalue weighted by atomic mass is 32.2. The van der Waals surface area contributed by atoms with E-state index in [9.17, 15) is 17.9 Å². The van der Waals surface area contributed by atoms with E-state index in [1.807, 2.05) is 0 Å². The second-order valence-corrected chi connectivity index (χ2v) is 6.67. The lowest BCUT2D eigenvalue weighted by Gasteiger charge is -2.19. The summed E-state index contributed by atoms with van der Waals surface area (Å²) in [6.07, 6.45) is 0.349. The minimum atomic E-state index is -3.85. The molecule has 1 heterocycles. The molecule has 0 amide bonds. The summed E-state index contributed by atoms with van der Waals surface area (Å²) in [5.41, 5.74) is 4.53. The molecule has 5 nitrogen and oxygen atoms in total. The van der Waals surface area contributed by atoms with Gasteiger partial charge in [0.05, 0.1) is 11.3 Å².